The topological polar surface area (TPSA) is 68.5 Å². The minimum absolute atomic E-state index is 0.102. The number of carbonyl (C=O) groups excluding carboxylic acids is 2. The third kappa shape index (κ3) is 2.83. The van der Waals surface area contributed by atoms with Crippen LogP contribution in [0.15, 0.2) is 36.5 Å². The largest absolute Gasteiger partial charge is 0.506 e. The molecule has 0 aliphatic carbocycles. The van der Waals surface area contributed by atoms with Gasteiger partial charge in [0.1, 0.15) is 11.4 Å². The summed E-state index contributed by atoms with van der Waals surface area (Å²) in [5.74, 6) is -1.01. The number of carbonyl (C=O) groups is 2. The molecule has 6 heteroatoms. The maximum Gasteiger partial charge on any atom is 0.354 e. The number of rotatable bonds is 4. The van der Waals surface area contributed by atoms with Gasteiger partial charge < -0.3 is 14.4 Å². The van der Waals surface area contributed by atoms with Gasteiger partial charge >= 0.3 is 5.97 Å². The fourth-order valence-corrected chi connectivity index (χ4v) is 2.07. The van der Waals surface area contributed by atoms with Crippen LogP contribution >= 0.6 is 11.6 Å². The van der Waals surface area contributed by atoms with Crippen molar-refractivity contribution < 1.29 is 19.4 Å². The van der Waals surface area contributed by atoms with Crippen LogP contribution in [0.2, 0.25) is 5.02 Å². The zero-order valence-electron chi connectivity index (χ0n) is 10.7. The Morgan fingerprint density at radius 1 is 1.35 bits per heavy atom. The van der Waals surface area contributed by atoms with Crippen LogP contribution in [0.1, 0.15) is 20.8 Å². The molecule has 1 aromatic carbocycles. The number of ether oxygens (including phenoxy) is 1. The molecule has 0 atom stereocenters. The number of ketones is 1. The van der Waals surface area contributed by atoms with Crippen molar-refractivity contribution in [3.8, 4) is 5.75 Å². The smallest absolute Gasteiger partial charge is 0.354 e. The van der Waals surface area contributed by atoms with Crippen LogP contribution in [-0.4, -0.2) is 28.5 Å². The van der Waals surface area contributed by atoms with E-state index in [9.17, 15) is 14.7 Å². The lowest BCUT2D eigenvalue weighted by Gasteiger charge is -2.07. The number of aromatic nitrogens is 1. The van der Waals surface area contributed by atoms with E-state index in [0.29, 0.717) is 10.6 Å². The lowest BCUT2D eigenvalue weighted by Crippen LogP contribution is -2.16. The molecule has 0 amide bonds. The number of Topliss-reactive ketones (excluding diaryl/α,β-unsaturated/α-hetero) is 1. The molecule has 20 heavy (non-hydrogen) atoms. The Morgan fingerprint density at radius 3 is 2.70 bits per heavy atom. The molecule has 0 fully saturated rings. The average Bonchev–Trinajstić information content (AvgIpc) is 2.79. The zero-order valence-corrected chi connectivity index (χ0v) is 11.4. The highest BCUT2D eigenvalue weighted by molar-refractivity contribution is 6.33. The Kier molecular flexibility index (Phi) is 4.10. The highest BCUT2D eigenvalue weighted by atomic mass is 35.5. The van der Waals surface area contributed by atoms with Crippen molar-refractivity contribution in [1.29, 1.82) is 0 Å². The van der Waals surface area contributed by atoms with Crippen LogP contribution in [0.5, 0.6) is 5.75 Å². The first-order valence-electron chi connectivity index (χ1n) is 5.78. The minimum atomic E-state index is -0.628. The van der Waals surface area contributed by atoms with E-state index in [-0.39, 0.29) is 23.8 Å². The normalized spacial score (nSPS) is 10.3. The molecular formula is C14H12ClNO4. The Hall–Kier alpha value is -2.27. The number of methoxy groups -OCH3 is 1. The summed E-state index contributed by atoms with van der Waals surface area (Å²) in [6, 6.07) is 7.88. The second-order valence-electron chi connectivity index (χ2n) is 4.11. The fraction of sp³-hybridized carbons (Fsp3) is 0.143. The molecule has 0 aliphatic heterocycles. The van der Waals surface area contributed by atoms with Crippen LogP contribution in [0, 0.1) is 0 Å². The van der Waals surface area contributed by atoms with Gasteiger partial charge in [0, 0.05) is 17.8 Å². The van der Waals surface area contributed by atoms with E-state index in [1.807, 2.05) is 0 Å². The minimum Gasteiger partial charge on any atom is -0.506 e. The maximum absolute atomic E-state index is 12.2. The Labute approximate surface area is 120 Å². The van der Waals surface area contributed by atoms with Crippen LogP contribution in [0.25, 0.3) is 0 Å². The molecule has 0 aliphatic rings. The molecule has 1 N–H and O–H groups in total. The number of hydrogen-bond donors (Lipinski definition) is 1. The van der Waals surface area contributed by atoms with E-state index in [0.717, 1.165) is 0 Å². The lowest BCUT2D eigenvalue weighted by atomic mass is 10.1. The molecule has 2 rings (SSSR count). The van der Waals surface area contributed by atoms with Gasteiger partial charge in [0.05, 0.1) is 18.7 Å². The Balaban J connectivity index is 2.29. The van der Waals surface area contributed by atoms with Crippen LogP contribution in [0.3, 0.4) is 0 Å². The summed E-state index contributed by atoms with van der Waals surface area (Å²) >= 11 is 5.95. The highest BCUT2D eigenvalue weighted by Crippen LogP contribution is 2.19. The van der Waals surface area contributed by atoms with Gasteiger partial charge in [-0.1, -0.05) is 23.7 Å². The van der Waals surface area contributed by atoms with Gasteiger partial charge in [0.15, 0.2) is 5.78 Å². The molecular weight excluding hydrogens is 282 g/mol. The number of nitrogens with zero attached hydrogens (tertiary/aromatic N) is 1. The van der Waals surface area contributed by atoms with E-state index in [4.69, 9.17) is 11.6 Å². The fourth-order valence-electron chi connectivity index (χ4n) is 1.83. The van der Waals surface area contributed by atoms with Crippen molar-refractivity contribution in [3.05, 3.63) is 52.8 Å². The standard InChI is InChI=1S/C14H12ClNO4/c1-20-14(19)12-6-9(17)7-16(12)8-13(18)10-4-2-3-5-11(10)15/h2-7,17H,8H2,1H3. The van der Waals surface area contributed by atoms with E-state index in [1.54, 1.807) is 24.3 Å². The van der Waals surface area contributed by atoms with E-state index in [1.165, 1.54) is 23.9 Å². The molecule has 0 unspecified atom stereocenters. The third-order valence-electron chi connectivity index (χ3n) is 2.76. The molecule has 2 aromatic rings. The van der Waals surface area contributed by atoms with Crippen LogP contribution in [-0.2, 0) is 11.3 Å². The van der Waals surface area contributed by atoms with Crippen LogP contribution < -0.4 is 0 Å². The predicted molar refractivity (Wildman–Crippen MR) is 73.2 cm³/mol. The van der Waals surface area contributed by atoms with Gasteiger partial charge in [-0.15, -0.1) is 0 Å². The van der Waals surface area contributed by atoms with Crippen molar-refractivity contribution in [2.45, 2.75) is 6.54 Å². The van der Waals surface area contributed by atoms with Crippen molar-refractivity contribution >= 4 is 23.4 Å². The molecule has 0 radical (unpaired) electrons. The van der Waals surface area contributed by atoms with E-state index >= 15 is 0 Å². The van der Waals surface area contributed by atoms with Crippen molar-refractivity contribution in [1.82, 2.24) is 4.57 Å². The number of halogens is 1. The van der Waals surface area contributed by atoms with Crippen molar-refractivity contribution in [2.24, 2.45) is 0 Å². The Morgan fingerprint density at radius 2 is 2.05 bits per heavy atom. The van der Waals surface area contributed by atoms with Gasteiger partial charge in [-0.05, 0) is 12.1 Å². The number of aromatic hydroxyl groups is 1. The first-order valence-corrected chi connectivity index (χ1v) is 6.16. The highest BCUT2D eigenvalue weighted by Gasteiger charge is 2.17. The number of benzene rings is 1. The molecule has 1 heterocycles. The second kappa shape index (κ2) is 5.79. The molecule has 0 saturated heterocycles. The maximum atomic E-state index is 12.2. The summed E-state index contributed by atoms with van der Waals surface area (Å²) in [6.45, 7) is -0.116. The molecule has 1 aromatic heterocycles. The third-order valence-corrected chi connectivity index (χ3v) is 3.09. The molecule has 5 nitrogen and oxygen atoms in total. The molecule has 104 valence electrons. The summed E-state index contributed by atoms with van der Waals surface area (Å²) < 4.78 is 5.92. The van der Waals surface area contributed by atoms with Gasteiger partial charge in [0.25, 0.3) is 0 Å². The summed E-state index contributed by atoms with van der Waals surface area (Å²) in [5, 5.41) is 9.79. The summed E-state index contributed by atoms with van der Waals surface area (Å²) in [4.78, 5) is 23.7. The summed E-state index contributed by atoms with van der Waals surface area (Å²) in [5.41, 5.74) is 0.462. The molecule has 0 saturated carbocycles. The number of hydrogen-bond acceptors (Lipinski definition) is 4. The average molecular weight is 294 g/mol. The SMILES string of the molecule is COC(=O)c1cc(O)cn1CC(=O)c1ccccc1Cl. The van der Waals surface area contributed by atoms with E-state index < -0.39 is 5.97 Å². The Bertz CT molecular complexity index is 663. The van der Waals surface area contributed by atoms with Gasteiger partial charge in [-0.25, -0.2) is 4.79 Å². The second-order valence-corrected chi connectivity index (χ2v) is 4.51. The van der Waals surface area contributed by atoms with Crippen molar-refractivity contribution in [2.75, 3.05) is 7.11 Å². The quantitative estimate of drug-likeness (QED) is 0.695. The van der Waals surface area contributed by atoms with Crippen LogP contribution in [0.4, 0.5) is 0 Å². The van der Waals surface area contributed by atoms with Gasteiger partial charge in [0.2, 0.25) is 0 Å². The summed E-state index contributed by atoms with van der Waals surface area (Å²) in [7, 11) is 1.23. The lowest BCUT2D eigenvalue weighted by molar-refractivity contribution is 0.0588. The van der Waals surface area contributed by atoms with Crippen molar-refractivity contribution in [3.63, 3.8) is 0 Å². The predicted octanol–water partition coefficient (Wildman–Crippen LogP) is 2.52. The zero-order chi connectivity index (χ0) is 14.7. The first-order chi connectivity index (χ1) is 9.52. The number of esters is 1. The molecule has 0 spiro atoms. The van der Waals surface area contributed by atoms with Gasteiger partial charge in [-0.2, -0.15) is 0 Å². The summed E-state index contributed by atoms with van der Waals surface area (Å²) in [6.07, 6.45) is 1.29. The monoisotopic (exact) mass is 293 g/mol. The van der Waals surface area contributed by atoms with Gasteiger partial charge in [-0.3, -0.25) is 4.79 Å². The van der Waals surface area contributed by atoms with E-state index in [2.05, 4.69) is 4.74 Å². The molecule has 0 bridgehead atoms. The first kappa shape index (κ1) is 14.1.